The number of ether oxygens (including phenoxy) is 1. The fraction of sp³-hybridized carbons (Fsp3) is 0.316. The molecular formula is C19H24N2O3. The van der Waals surface area contributed by atoms with Crippen LogP contribution in [0.2, 0.25) is 0 Å². The summed E-state index contributed by atoms with van der Waals surface area (Å²) in [6.07, 6.45) is 1.46. The molecule has 0 unspecified atom stereocenters. The number of aliphatic hydroxyl groups excluding tert-OH is 1. The normalized spacial score (nSPS) is 11.9. The van der Waals surface area contributed by atoms with Crippen LogP contribution in [0.4, 0.5) is 0 Å². The van der Waals surface area contributed by atoms with Crippen LogP contribution in [0.3, 0.4) is 0 Å². The van der Waals surface area contributed by atoms with E-state index in [2.05, 4.69) is 5.32 Å². The highest BCUT2D eigenvalue weighted by atomic mass is 16.5. The van der Waals surface area contributed by atoms with Crippen LogP contribution in [0.1, 0.15) is 17.5 Å². The number of amides is 1. The van der Waals surface area contributed by atoms with Crippen LogP contribution in [0.15, 0.2) is 54.6 Å². The SMILES string of the molecule is NC(=O)[C@@H](CCc1ccccc1)NCc1ccc(OCCO)cc1. The Morgan fingerprint density at radius 3 is 2.42 bits per heavy atom. The van der Waals surface area contributed by atoms with Crippen molar-refractivity contribution in [2.45, 2.75) is 25.4 Å². The second-order valence-electron chi connectivity index (χ2n) is 5.58. The monoisotopic (exact) mass is 328 g/mol. The Kier molecular flexibility index (Phi) is 7.26. The van der Waals surface area contributed by atoms with Crippen LogP contribution in [0, 0.1) is 0 Å². The van der Waals surface area contributed by atoms with Gasteiger partial charge in [0.2, 0.25) is 5.91 Å². The van der Waals surface area contributed by atoms with E-state index in [1.54, 1.807) is 0 Å². The summed E-state index contributed by atoms with van der Waals surface area (Å²) >= 11 is 0. The molecule has 0 aromatic heterocycles. The predicted octanol–water partition coefficient (Wildman–Crippen LogP) is 1.63. The average molecular weight is 328 g/mol. The third kappa shape index (κ3) is 6.02. The number of nitrogens with one attached hydrogen (secondary N) is 1. The van der Waals surface area contributed by atoms with Crippen molar-refractivity contribution in [2.75, 3.05) is 13.2 Å². The number of aliphatic hydroxyl groups is 1. The molecule has 0 aliphatic carbocycles. The van der Waals surface area contributed by atoms with Crippen molar-refractivity contribution in [3.05, 3.63) is 65.7 Å². The summed E-state index contributed by atoms with van der Waals surface area (Å²) in [6.45, 7) is 0.828. The lowest BCUT2D eigenvalue weighted by atomic mass is 10.0. The number of benzene rings is 2. The molecule has 0 heterocycles. The number of nitrogens with two attached hydrogens (primary N) is 1. The molecule has 0 saturated carbocycles. The van der Waals surface area contributed by atoms with Gasteiger partial charge in [0.05, 0.1) is 12.6 Å². The van der Waals surface area contributed by atoms with Crippen LogP contribution >= 0.6 is 0 Å². The summed E-state index contributed by atoms with van der Waals surface area (Å²) < 4.78 is 5.32. The molecule has 1 amide bonds. The first-order chi connectivity index (χ1) is 11.7. The van der Waals surface area contributed by atoms with Gasteiger partial charge < -0.3 is 20.9 Å². The number of carbonyl (C=O) groups is 1. The maximum Gasteiger partial charge on any atom is 0.234 e. The zero-order chi connectivity index (χ0) is 17.2. The van der Waals surface area contributed by atoms with E-state index in [0.717, 1.165) is 12.0 Å². The molecule has 5 nitrogen and oxygen atoms in total. The Morgan fingerprint density at radius 1 is 1.08 bits per heavy atom. The summed E-state index contributed by atoms with van der Waals surface area (Å²) in [5.74, 6) is 0.372. The average Bonchev–Trinajstić information content (AvgIpc) is 2.61. The Bertz CT molecular complexity index is 614. The maximum absolute atomic E-state index is 11.6. The molecule has 4 N–H and O–H groups in total. The molecule has 2 aromatic carbocycles. The minimum atomic E-state index is -0.365. The lowest BCUT2D eigenvalue weighted by molar-refractivity contribution is -0.120. The summed E-state index contributed by atoms with van der Waals surface area (Å²) in [5, 5.41) is 11.9. The van der Waals surface area contributed by atoms with Crippen molar-refractivity contribution in [1.82, 2.24) is 5.32 Å². The van der Waals surface area contributed by atoms with Crippen LogP contribution in [0.5, 0.6) is 5.75 Å². The molecule has 0 aliphatic heterocycles. The number of rotatable bonds is 10. The van der Waals surface area contributed by atoms with E-state index in [0.29, 0.717) is 18.7 Å². The van der Waals surface area contributed by atoms with Gasteiger partial charge in [0, 0.05) is 6.54 Å². The number of carbonyl (C=O) groups excluding carboxylic acids is 1. The van der Waals surface area contributed by atoms with Gasteiger partial charge >= 0.3 is 0 Å². The second kappa shape index (κ2) is 9.70. The Balaban J connectivity index is 1.83. The molecule has 5 heteroatoms. The van der Waals surface area contributed by atoms with Gasteiger partial charge in [0.1, 0.15) is 12.4 Å². The standard InChI is InChI=1S/C19H24N2O3/c20-19(23)18(11-8-15-4-2-1-3-5-15)21-14-16-6-9-17(10-7-16)24-13-12-22/h1-7,9-10,18,21-22H,8,11-14H2,(H2,20,23)/t18-/m1/s1. The highest BCUT2D eigenvalue weighted by Gasteiger charge is 2.14. The summed E-state index contributed by atoms with van der Waals surface area (Å²) in [6, 6.07) is 17.2. The van der Waals surface area contributed by atoms with Crippen LogP contribution in [-0.4, -0.2) is 30.3 Å². The fourth-order valence-corrected chi connectivity index (χ4v) is 2.41. The van der Waals surface area contributed by atoms with Gasteiger partial charge in [-0.1, -0.05) is 42.5 Å². The van der Waals surface area contributed by atoms with Crippen molar-refractivity contribution in [3.63, 3.8) is 0 Å². The number of hydrogen-bond acceptors (Lipinski definition) is 4. The van der Waals surface area contributed by atoms with Crippen molar-refractivity contribution in [2.24, 2.45) is 5.73 Å². The Hall–Kier alpha value is -2.37. The molecule has 0 radical (unpaired) electrons. The lowest BCUT2D eigenvalue weighted by Crippen LogP contribution is -2.41. The molecule has 0 bridgehead atoms. The molecule has 0 saturated heterocycles. The van der Waals surface area contributed by atoms with Gasteiger partial charge in [-0.15, -0.1) is 0 Å². The van der Waals surface area contributed by atoms with Gasteiger partial charge in [-0.3, -0.25) is 4.79 Å². The summed E-state index contributed by atoms with van der Waals surface area (Å²) in [7, 11) is 0. The Labute approximate surface area is 142 Å². The predicted molar refractivity (Wildman–Crippen MR) is 93.6 cm³/mol. The molecule has 0 spiro atoms. The van der Waals surface area contributed by atoms with Crippen molar-refractivity contribution < 1.29 is 14.6 Å². The third-order valence-corrected chi connectivity index (χ3v) is 3.74. The van der Waals surface area contributed by atoms with Crippen LogP contribution < -0.4 is 15.8 Å². The maximum atomic E-state index is 11.6. The molecule has 1 atom stereocenters. The van der Waals surface area contributed by atoms with Gasteiger partial charge in [-0.2, -0.15) is 0 Å². The minimum Gasteiger partial charge on any atom is -0.491 e. The first-order valence-electron chi connectivity index (χ1n) is 8.08. The highest BCUT2D eigenvalue weighted by Crippen LogP contribution is 2.12. The quantitative estimate of drug-likeness (QED) is 0.619. The van der Waals surface area contributed by atoms with Gasteiger partial charge in [0.15, 0.2) is 0 Å². The smallest absolute Gasteiger partial charge is 0.234 e. The second-order valence-corrected chi connectivity index (χ2v) is 5.58. The first kappa shape index (κ1) is 18.0. The molecule has 24 heavy (non-hydrogen) atoms. The van der Waals surface area contributed by atoms with E-state index in [1.165, 1.54) is 5.56 Å². The summed E-state index contributed by atoms with van der Waals surface area (Å²) in [5.41, 5.74) is 7.73. The minimum absolute atomic E-state index is 0.00892. The zero-order valence-electron chi connectivity index (χ0n) is 13.7. The zero-order valence-corrected chi connectivity index (χ0v) is 13.7. The molecule has 0 fully saturated rings. The number of primary amides is 1. The highest BCUT2D eigenvalue weighted by molar-refractivity contribution is 5.79. The van der Waals surface area contributed by atoms with E-state index in [1.807, 2.05) is 54.6 Å². The van der Waals surface area contributed by atoms with Crippen LogP contribution in [-0.2, 0) is 17.8 Å². The van der Waals surface area contributed by atoms with Gasteiger partial charge in [-0.25, -0.2) is 0 Å². The van der Waals surface area contributed by atoms with Crippen molar-refractivity contribution in [1.29, 1.82) is 0 Å². The van der Waals surface area contributed by atoms with E-state index in [4.69, 9.17) is 15.6 Å². The van der Waals surface area contributed by atoms with Crippen molar-refractivity contribution >= 4 is 5.91 Å². The lowest BCUT2D eigenvalue weighted by Gasteiger charge is -2.16. The van der Waals surface area contributed by atoms with E-state index in [9.17, 15) is 4.79 Å². The van der Waals surface area contributed by atoms with Crippen molar-refractivity contribution in [3.8, 4) is 5.75 Å². The molecule has 0 aliphatic rings. The van der Waals surface area contributed by atoms with Crippen LogP contribution in [0.25, 0.3) is 0 Å². The Morgan fingerprint density at radius 2 is 1.79 bits per heavy atom. The molecule has 128 valence electrons. The first-order valence-corrected chi connectivity index (χ1v) is 8.08. The largest absolute Gasteiger partial charge is 0.491 e. The molecular weight excluding hydrogens is 304 g/mol. The topological polar surface area (TPSA) is 84.6 Å². The van der Waals surface area contributed by atoms with Gasteiger partial charge in [-0.05, 0) is 36.1 Å². The fourth-order valence-electron chi connectivity index (χ4n) is 2.41. The number of aryl methyl sites for hydroxylation is 1. The number of hydrogen-bond donors (Lipinski definition) is 3. The van der Waals surface area contributed by atoms with Gasteiger partial charge in [0.25, 0.3) is 0 Å². The summed E-state index contributed by atoms with van der Waals surface area (Å²) in [4.78, 5) is 11.6. The van der Waals surface area contributed by atoms with E-state index in [-0.39, 0.29) is 25.2 Å². The molecule has 2 aromatic rings. The third-order valence-electron chi connectivity index (χ3n) is 3.74. The van der Waals surface area contributed by atoms with E-state index >= 15 is 0 Å². The van der Waals surface area contributed by atoms with E-state index < -0.39 is 0 Å². The molecule has 2 rings (SSSR count).